The number of anilines is 1. The Morgan fingerprint density at radius 2 is 2.46 bits per heavy atom. The van der Waals surface area contributed by atoms with Crippen LogP contribution in [0.5, 0.6) is 0 Å². The Bertz CT molecular complexity index is 302. The molecule has 1 N–H and O–H groups in total. The Labute approximate surface area is 78.6 Å². The quantitative estimate of drug-likeness (QED) is 0.710. The minimum Gasteiger partial charge on any atom is -0.354 e. The lowest BCUT2D eigenvalue weighted by Gasteiger charge is -2.23. The van der Waals surface area contributed by atoms with Gasteiger partial charge in [-0.25, -0.2) is 9.97 Å². The van der Waals surface area contributed by atoms with Crippen molar-refractivity contribution in [3.8, 4) is 12.3 Å². The maximum Gasteiger partial charge on any atom is 0.130 e. The van der Waals surface area contributed by atoms with Gasteiger partial charge in [0.25, 0.3) is 0 Å². The molecular weight excluding hydrogens is 162 g/mol. The van der Waals surface area contributed by atoms with Gasteiger partial charge >= 0.3 is 0 Å². The molecule has 1 atom stereocenters. The molecule has 0 aliphatic heterocycles. The van der Waals surface area contributed by atoms with Crippen LogP contribution in [0, 0.1) is 12.3 Å². The predicted molar refractivity (Wildman–Crippen MR) is 53.2 cm³/mol. The standard InChI is InChI=1S/C10H13N3/c1-4-10(3,5-2)13-9-6-7-11-8-12-9/h1,6-8H,5H2,2-3H3,(H,11,12,13). The summed E-state index contributed by atoms with van der Waals surface area (Å²) in [7, 11) is 0. The molecule has 13 heavy (non-hydrogen) atoms. The van der Waals surface area contributed by atoms with Crippen molar-refractivity contribution in [2.45, 2.75) is 25.8 Å². The van der Waals surface area contributed by atoms with Crippen molar-refractivity contribution in [1.82, 2.24) is 9.97 Å². The number of rotatable bonds is 3. The molecule has 0 radical (unpaired) electrons. The second-order valence-electron chi connectivity index (χ2n) is 3.05. The third-order valence-corrected chi connectivity index (χ3v) is 2.01. The summed E-state index contributed by atoms with van der Waals surface area (Å²) in [6.07, 6.45) is 9.44. The highest BCUT2D eigenvalue weighted by atomic mass is 15.1. The average molecular weight is 175 g/mol. The van der Waals surface area contributed by atoms with Gasteiger partial charge in [0.1, 0.15) is 12.1 Å². The van der Waals surface area contributed by atoms with Crippen LogP contribution in [-0.4, -0.2) is 15.5 Å². The van der Waals surface area contributed by atoms with Crippen LogP contribution in [0.3, 0.4) is 0 Å². The monoisotopic (exact) mass is 175 g/mol. The molecule has 1 aromatic rings. The van der Waals surface area contributed by atoms with Gasteiger partial charge in [0.15, 0.2) is 0 Å². The smallest absolute Gasteiger partial charge is 0.130 e. The first-order chi connectivity index (χ1) is 6.20. The van der Waals surface area contributed by atoms with E-state index in [0.717, 1.165) is 12.2 Å². The van der Waals surface area contributed by atoms with Gasteiger partial charge in [-0.2, -0.15) is 0 Å². The third kappa shape index (κ3) is 2.45. The fourth-order valence-corrected chi connectivity index (χ4v) is 0.874. The second kappa shape index (κ2) is 3.90. The largest absolute Gasteiger partial charge is 0.354 e. The van der Waals surface area contributed by atoms with Crippen molar-refractivity contribution >= 4 is 5.82 Å². The zero-order chi connectivity index (χ0) is 9.73. The summed E-state index contributed by atoms with van der Waals surface area (Å²) in [5, 5.41) is 3.17. The Morgan fingerprint density at radius 1 is 1.69 bits per heavy atom. The van der Waals surface area contributed by atoms with E-state index >= 15 is 0 Å². The van der Waals surface area contributed by atoms with E-state index in [4.69, 9.17) is 6.42 Å². The first-order valence-corrected chi connectivity index (χ1v) is 4.22. The molecule has 3 nitrogen and oxygen atoms in total. The number of nitrogens with zero attached hydrogens (tertiary/aromatic N) is 2. The van der Waals surface area contributed by atoms with Crippen LogP contribution in [0.25, 0.3) is 0 Å². The van der Waals surface area contributed by atoms with E-state index in [0.29, 0.717) is 0 Å². The molecule has 1 heterocycles. The van der Waals surface area contributed by atoms with Gasteiger partial charge < -0.3 is 5.32 Å². The Hall–Kier alpha value is -1.56. The lowest BCUT2D eigenvalue weighted by Crippen LogP contribution is -2.32. The van der Waals surface area contributed by atoms with Crippen LogP contribution < -0.4 is 5.32 Å². The molecule has 0 amide bonds. The Morgan fingerprint density at radius 3 is 2.92 bits per heavy atom. The number of hydrogen-bond donors (Lipinski definition) is 1. The molecule has 0 saturated carbocycles. The van der Waals surface area contributed by atoms with Gasteiger partial charge in [-0.1, -0.05) is 12.8 Å². The topological polar surface area (TPSA) is 37.8 Å². The fourth-order valence-electron chi connectivity index (χ4n) is 0.874. The Kier molecular flexibility index (Phi) is 2.86. The number of terminal acetylenes is 1. The average Bonchev–Trinajstić information content (AvgIpc) is 2.19. The molecule has 1 rings (SSSR count). The summed E-state index contributed by atoms with van der Waals surface area (Å²) in [5.74, 6) is 3.47. The van der Waals surface area contributed by atoms with Gasteiger partial charge in [-0.3, -0.25) is 0 Å². The second-order valence-corrected chi connectivity index (χ2v) is 3.05. The lowest BCUT2D eigenvalue weighted by molar-refractivity contribution is 0.631. The maximum atomic E-state index is 5.41. The molecular formula is C10H13N3. The summed E-state index contributed by atoms with van der Waals surface area (Å²) in [6, 6.07) is 1.80. The van der Waals surface area contributed by atoms with E-state index in [9.17, 15) is 0 Å². The highest BCUT2D eigenvalue weighted by Gasteiger charge is 2.17. The molecule has 3 heteroatoms. The van der Waals surface area contributed by atoms with E-state index in [1.807, 2.05) is 13.8 Å². The summed E-state index contributed by atoms with van der Waals surface area (Å²) in [4.78, 5) is 7.87. The van der Waals surface area contributed by atoms with Crippen molar-refractivity contribution in [3.05, 3.63) is 18.6 Å². The highest BCUT2D eigenvalue weighted by Crippen LogP contribution is 2.14. The molecule has 1 aromatic heterocycles. The molecule has 0 aromatic carbocycles. The molecule has 0 spiro atoms. The summed E-state index contributed by atoms with van der Waals surface area (Å²) in [5.41, 5.74) is -0.325. The van der Waals surface area contributed by atoms with Crippen LogP contribution in [0.15, 0.2) is 18.6 Å². The molecule has 0 bridgehead atoms. The molecule has 1 unspecified atom stereocenters. The zero-order valence-electron chi connectivity index (χ0n) is 7.91. The van der Waals surface area contributed by atoms with Crippen LogP contribution in [0.2, 0.25) is 0 Å². The van der Waals surface area contributed by atoms with E-state index in [1.165, 1.54) is 6.33 Å². The predicted octanol–water partition coefficient (Wildman–Crippen LogP) is 1.69. The van der Waals surface area contributed by atoms with Crippen molar-refractivity contribution in [1.29, 1.82) is 0 Å². The minimum absolute atomic E-state index is 0.325. The van der Waals surface area contributed by atoms with Crippen LogP contribution >= 0.6 is 0 Å². The number of aromatic nitrogens is 2. The summed E-state index contributed by atoms with van der Waals surface area (Å²) < 4.78 is 0. The first kappa shape index (κ1) is 9.53. The minimum atomic E-state index is -0.325. The molecule has 68 valence electrons. The normalized spacial score (nSPS) is 14.2. The molecule has 0 aliphatic rings. The number of nitrogens with one attached hydrogen (secondary N) is 1. The van der Waals surface area contributed by atoms with Crippen LogP contribution in [-0.2, 0) is 0 Å². The van der Waals surface area contributed by atoms with Crippen molar-refractivity contribution in [2.75, 3.05) is 5.32 Å². The van der Waals surface area contributed by atoms with E-state index < -0.39 is 0 Å². The van der Waals surface area contributed by atoms with E-state index in [1.54, 1.807) is 12.3 Å². The van der Waals surface area contributed by atoms with Crippen molar-refractivity contribution < 1.29 is 0 Å². The number of hydrogen-bond acceptors (Lipinski definition) is 3. The maximum absolute atomic E-state index is 5.41. The van der Waals surface area contributed by atoms with Gasteiger partial charge in [0.05, 0.1) is 5.54 Å². The van der Waals surface area contributed by atoms with Crippen LogP contribution in [0.1, 0.15) is 20.3 Å². The summed E-state index contributed by atoms with van der Waals surface area (Å²) in [6.45, 7) is 4.00. The molecule has 0 saturated heterocycles. The van der Waals surface area contributed by atoms with E-state index in [2.05, 4.69) is 21.2 Å². The highest BCUT2D eigenvalue weighted by molar-refractivity contribution is 5.39. The van der Waals surface area contributed by atoms with Gasteiger partial charge in [-0.15, -0.1) is 6.42 Å². The lowest BCUT2D eigenvalue weighted by atomic mass is 10.0. The SMILES string of the molecule is C#CC(C)(CC)Nc1ccncn1. The van der Waals surface area contributed by atoms with Gasteiger partial charge in [-0.05, 0) is 19.4 Å². The van der Waals surface area contributed by atoms with Crippen LogP contribution in [0.4, 0.5) is 5.82 Å². The first-order valence-electron chi connectivity index (χ1n) is 4.22. The van der Waals surface area contributed by atoms with Crippen molar-refractivity contribution in [3.63, 3.8) is 0 Å². The zero-order valence-corrected chi connectivity index (χ0v) is 7.91. The summed E-state index contributed by atoms with van der Waals surface area (Å²) >= 11 is 0. The van der Waals surface area contributed by atoms with Gasteiger partial charge in [0, 0.05) is 6.20 Å². The third-order valence-electron chi connectivity index (χ3n) is 2.01. The Balaban J connectivity index is 2.75. The van der Waals surface area contributed by atoms with Gasteiger partial charge in [0.2, 0.25) is 0 Å². The molecule has 0 fully saturated rings. The fraction of sp³-hybridized carbons (Fsp3) is 0.400. The van der Waals surface area contributed by atoms with E-state index in [-0.39, 0.29) is 5.54 Å². The molecule has 0 aliphatic carbocycles. The van der Waals surface area contributed by atoms with Crippen molar-refractivity contribution in [2.24, 2.45) is 0 Å².